The molecular weight excluding hydrogens is 336 g/mol. The highest BCUT2D eigenvalue weighted by Gasteiger charge is 2.23. The van der Waals surface area contributed by atoms with E-state index in [1.165, 1.54) is 0 Å². The van der Waals surface area contributed by atoms with Crippen LogP contribution in [0.4, 0.5) is 5.69 Å². The summed E-state index contributed by atoms with van der Waals surface area (Å²) in [5.41, 5.74) is 1.92. The van der Waals surface area contributed by atoms with Crippen LogP contribution in [-0.2, 0) is 0 Å². The third-order valence-corrected chi connectivity index (χ3v) is 4.53. The zero-order valence-electron chi connectivity index (χ0n) is 14.4. The molecule has 6 nitrogen and oxygen atoms in total. The van der Waals surface area contributed by atoms with Gasteiger partial charge in [-0.1, -0.05) is 6.07 Å². The lowest BCUT2D eigenvalue weighted by molar-refractivity contribution is 0.126. The summed E-state index contributed by atoms with van der Waals surface area (Å²) in [5, 5.41) is 3.93. The van der Waals surface area contributed by atoms with E-state index in [1.54, 1.807) is 25.6 Å². The van der Waals surface area contributed by atoms with Gasteiger partial charge in [-0.25, -0.2) is 9.97 Å². The van der Waals surface area contributed by atoms with Crippen LogP contribution in [-0.4, -0.2) is 46.3 Å². The topological polar surface area (TPSA) is 59.5 Å². The summed E-state index contributed by atoms with van der Waals surface area (Å²) >= 11 is 5.51. The highest BCUT2D eigenvalue weighted by molar-refractivity contribution is 7.80. The summed E-state index contributed by atoms with van der Waals surface area (Å²) in [6, 6.07) is 7.64. The number of methoxy groups -OCH3 is 1. The van der Waals surface area contributed by atoms with Crippen LogP contribution in [0.25, 0.3) is 0 Å². The molecule has 1 aliphatic heterocycles. The van der Waals surface area contributed by atoms with Gasteiger partial charge in [-0.3, -0.25) is 0 Å². The van der Waals surface area contributed by atoms with Crippen LogP contribution in [0.15, 0.2) is 36.7 Å². The number of aryl methyl sites for hydroxylation is 1. The number of thiocarbonyl (C=S) groups is 1. The van der Waals surface area contributed by atoms with Gasteiger partial charge in [0.05, 0.1) is 19.0 Å². The van der Waals surface area contributed by atoms with E-state index in [1.807, 2.05) is 25.1 Å². The first-order valence-electron chi connectivity index (χ1n) is 8.30. The lowest BCUT2D eigenvalue weighted by Crippen LogP contribution is -2.43. The number of nitrogens with one attached hydrogen (secondary N) is 1. The number of ether oxygens (including phenoxy) is 2. The SMILES string of the molecule is COc1ccc(NC(=S)N2CCC(Oc3ncccc3C)CC2)cn1. The molecule has 3 heterocycles. The molecule has 1 N–H and O–H groups in total. The van der Waals surface area contributed by atoms with Gasteiger partial charge in [0.15, 0.2) is 5.11 Å². The van der Waals surface area contributed by atoms with E-state index < -0.39 is 0 Å². The minimum Gasteiger partial charge on any atom is -0.481 e. The number of anilines is 1. The number of rotatable bonds is 4. The average molecular weight is 358 g/mol. The third kappa shape index (κ3) is 4.57. The summed E-state index contributed by atoms with van der Waals surface area (Å²) in [7, 11) is 1.60. The highest BCUT2D eigenvalue weighted by atomic mass is 32.1. The summed E-state index contributed by atoms with van der Waals surface area (Å²) in [5.74, 6) is 1.31. The number of piperidine rings is 1. The van der Waals surface area contributed by atoms with Crippen molar-refractivity contribution in [1.29, 1.82) is 0 Å². The Morgan fingerprint density at radius 1 is 1.24 bits per heavy atom. The second-order valence-electron chi connectivity index (χ2n) is 5.95. The first kappa shape index (κ1) is 17.4. The number of likely N-dealkylation sites (tertiary alicyclic amines) is 1. The maximum Gasteiger partial charge on any atom is 0.216 e. The maximum absolute atomic E-state index is 6.03. The van der Waals surface area contributed by atoms with Gasteiger partial charge >= 0.3 is 0 Å². The van der Waals surface area contributed by atoms with Crippen molar-refractivity contribution in [2.24, 2.45) is 0 Å². The van der Waals surface area contributed by atoms with Crippen molar-refractivity contribution < 1.29 is 9.47 Å². The normalized spacial score (nSPS) is 14.9. The molecule has 1 aliphatic rings. The standard InChI is InChI=1S/C18H22N4O2S/c1-13-4-3-9-19-17(13)24-15-7-10-22(11-8-15)18(25)21-14-5-6-16(23-2)20-12-14/h3-6,9,12,15H,7-8,10-11H2,1-2H3,(H,21,25). The fraction of sp³-hybridized carbons (Fsp3) is 0.389. The molecule has 0 aromatic carbocycles. The molecule has 0 saturated carbocycles. The van der Waals surface area contributed by atoms with Crippen LogP contribution in [0, 0.1) is 6.92 Å². The molecule has 0 aliphatic carbocycles. The van der Waals surface area contributed by atoms with Gasteiger partial charge in [0.25, 0.3) is 0 Å². The molecular formula is C18H22N4O2S. The Bertz CT molecular complexity index is 715. The number of hydrogen-bond acceptors (Lipinski definition) is 5. The third-order valence-electron chi connectivity index (χ3n) is 4.17. The Morgan fingerprint density at radius 3 is 2.68 bits per heavy atom. The van der Waals surface area contributed by atoms with Gasteiger partial charge in [0.2, 0.25) is 11.8 Å². The van der Waals surface area contributed by atoms with E-state index >= 15 is 0 Å². The summed E-state index contributed by atoms with van der Waals surface area (Å²) in [6.07, 6.45) is 5.48. The molecule has 132 valence electrons. The van der Waals surface area contributed by atoms with E-state index in [4.69, 9.17) is 21.7 Å². The number of pyridine rings is 2. The Kier molecular flexibility index (Phi) is 5.65. The fourth-order valence-electron chi connectivity index (χ4n) is 2.71. The largest absolute Gasteiger partial charge is 0.481 e. The Balaban J connectivity index is 1.49. The van der Waals surface area contributed by atoms with Crippen LogP contribution in [0.3, 0.4) is 0 Å². The van der Waals surface area contributed by atoms with E-state index in [0.717, 1.165) is 43.1 Å². The monoisotopic (exact) mass is 358 g/mol. The first-order chi connectivity index (χ1) is 12.2. The molecule has 3 rings (SSSR count). The molecule has 0 spiro atoms. The molecule has 0 atom stereocenters. The van der Waals surface area contributed by atoms with Crippen molar-refractivity contribution in [3.63, 3.8) is 0 Å². The smallest absolute Gasteiger partial charge is 0.216 e. The van der Waals surface area contributed by atoms with E-state index in [0.29, 0.717) is 11.0 Å². The predicted octanol–water partition coefficient (Wildman–Crippen LogP) is 3.03. The van der Waals surface area contributed by atoms with Crippen molar-refractivity contribution >= 4 is 23.0 Å². The van der Waals surface area contributed by atoms with Gasteiger partial charge in [-0.2, -0.15) is 0 Å². The number of nitrogens with zero attached hydrogens (tertiary/aromatic N) is 3. The second kappa shape index (κ2) is 8.11. The molecule has 2 aromatic heterocycles. The lowest BCUT2D eigenvalue weighted by atomic mass is 10.1. The first-order valence-corrected chi connectivity index (χ1v) is 8.71. The number of hydrogen-bond donors (Lipinski definition) is 1. The molecule has 2 aromatic rings. The Labute approximate surface area is 153 Å². The number of aromatic nitrogens is 2. The molecule has 0 radical (unpaired) electrons. The van der Waals surface area contributed by atoms with Gasteiger partial charge in [-0.15, -0.1) is 0 Å². The maximum atomic E-state index is 6.03. The van der Waals surface area contributed by atoms with Crippen molar-refractivity contribution in [2.45, 2.75) is 25.9 Å². The molecule has 0 bridgehead atoms. The van der Waals surface area contributed by atoms with Gasteiger partial charge in [0, 0.05) is 43.8 Å². The Morgan fingerprint density at radius 2 is 2.04 bits per heavy atom. The van der Waals surface area contributed by atoms with Gasteiger partial charge in [-0.05, 0) is 31.3 Å². The summed E-state index contributed by atoms with van der Waals surface area (Å²) < 4.78 is 11.1. The predicted molar refractivity (Wildman–Crippen MR) is 101 cm³/mol. The molecule has 7 heteroatoms. The summed E-state index contributed by atoms with van der Waals surface area (Å²) in [6.45, 7) is 3.72. The van der Waals surface area contributed by atoms with E-state index in [9.17, 15) is 0 Å². The molecule has 1 saturated heterocycles. The second-order valence-corrected chi connectivity index (χ2v) is 6.34. The fourth-order valence-corrected chi connectivity index (χ4v) is 3.01. The molecule has 1 fully saturated rings. The van der Waals surface area contributed by atoms with Crippen molar-refractivity contribution in [1.82, 2.24) is 14.9 Å². The van der Waals surface area contributed by atoms with E-state index in [-0.39, 0.29) is 6.10 Å². The van der Waals surface area contributed by atoms with Crippen molar-refractivity contribution in [2.75, 3.05) is 25.5 Å². The molecule has 0 unspecified atom stereocenters. The van der Waals surface area contributed by atoms with E-state index in [2.05, 4.69) is 20.2 Å². The van der Waals surface area contributed by atoms with Gasteiger partial charge < -0.3 is 19.7 Å². The summed E-state index contributed by atoms with van der Waals surface area (Å²) in [4.78, 5) is 10.6. The van der Waals surface area contributed by atoms with Crippen LogP contribution >= 0.6 is 12.2 Å². The molecule has 25 heavy (non-hydrogen) atoms. The van der Waals surface area contributed by atoms with Crippen molar-refractivity contribution in [3.8, 4) is 11.8 Å². The Hall–Kier alpha value is -2.41. The van der Waals surface area contributed by atoms with Crippen LogP contribution in [0.1, 0.15) is 18.4 Å². The minimum atomic E-state index is 0.176. The van der Waals surface area contributed by atoms with Crippen LogP contribution in [0.5, 0.6) is 11.8 Å². The highest BCUT2D eigenvalue weighted by Crippen LogP contribution is 2.21. The van der Waals surface area contributed by atoms with Crippen LogP contribution < -0.4 is 14.8 Å². The minimum absolute atomic E-state index is 0.176. The lowest BCUT2D eigenvalue weighted by Gasteiger charge is -2.33. The van der Waals surface area contributed by atoms with Crippen molar-refractivity contribution in [3.05, 3.63) is 42.2 Å². The molecule has 0 amide bonds. The quantitative estimate of drug-likeness (QED) is 0.843. The average Bonchev–Trinajstić information content (AvgIpc) is 2.65. The van der Waals surface area contributed by atoms with Gasteiger partial charge in [0.1, 0.15) is 6.10 Å². The zero-order chi connectivity index (χ0) is 17.6. The van der Waals surface area contributed by atoms with Crippen LogP contribution in [0.2, 0.25) is 0 Å². The zero-order valence-corrected chi connectivity index (χ0v) is 15.3.